The number of aromatic nitrogens is 4. The average molecular weight is 481 g/mol. The van der Waals surface area contributed by atoms with E-state index in [0.717, 1.165) is 51.2 Å². The molecule has 3 aromatic heterocycles. The Morgan fingerprint density at radius 3 is 2.74 bits per heavy atom. The van der Waals surface area contributed by atoms with Gasteiger partial charge in [-0.1, -0.05) is 6.07 Å². The van der Waals surface area contributed by atoms with Crippen molar-refractivity contribution in [3.8, 4) is 0 Å². The molecule has 11 heteroatoms. The summed E-state index contributed by atoms with van der Waals surface area (Å²) in [6, 6.07) is 7.25. The molecular formula is C24H29FN8O2. The molecule has 0 aromatic carbocycles. The second kappa shape index (κ2) is 8.63. The molecule has 3 aromatic rings. The number of amides is 1. The van der Waals surface area contributed by atoms with Crippen LogP contribution >= 0.6 is 0 Å². The molecule has 0 radical (unpaired) electrons. The Kier molecular flexibility index (Phi) is 5.43. The van der Waals surface area contributed by atoms with Crippen molar-refractivity contribution < 1.29 is 13.9 Å². The normalized spacial score (nSPS) is 23.0. The highest BCUT2D eigenvalue weighted by atomic mass is 19.1. The Labute approximate surface area is 202 Å². The molecule has 6 rings (SSSR count). The van der Waals surface area contributed by atoms with Gasteiger partial charge in [-0.25, -0.2) is 14.4 Å². The van der Waals surface area contributed by atoms with E-state index >= 15 is 0 Å². The molecule has 1 amide bonds. The lowest BCUT2D eigenvalue weighted by Crippen LogP contribution is -2.44. The number of nitrogens with zero attached hydrogens (tertiary/aromatic N) is 5. The van der Waals surface area contributed by atoms with E-state index in [2.05, 4.69) is 30.9 Å². The quantitative estimate of drug-likeness (QED) is 0.494. The highest BCUT2D eigenvalue weighted by Gasteiger charge is 2.40. The Morgan fingerprint density at radius 2 is 2.03 bits per heavy atom. The zero-order valence-corrected chi connectivity index (χ0v) is 19.6. The third kappa shape index (κ3) is 4.24. The van der Waals surface area contributed by atoms with Gasteiger partial charge in [-0.3, -0.25) is 4.79 Å². The molecule has 2 aliphatic heterocycles. The smallest absolute Gasteiger partial charge is 0.257 e. The van der Waals surface area contributed by atoms with Crippen molar-refractivity contribution in [1.29, 1.82) is 0 Å². The van der Waals surface area contributed by atoms with Crippen LogP contribution in [0.4, 0.5) is 27.7 Å². The molecule has 3 N–H and O–H groups in total. The van der Waals surface area contributed by atoms with Gasteiger partial charge in [0, 0.05) is 39.2 Å². The maximum Gasteiger partial charge on any atom is 0.257 e. The summed E-state index contributed by atoms with van der Waals surface area (Å²) in [5.41, 5.74) is 0.735. The first kappa shape index (κ1) is 22.0. The first-order valence-electron chi connectivity index (χ1n) is 12.2. The Bertz CT molecular complexity index is 1250. The van der Waals surface area contributed by atoms with E-state index in [1.165, 1.54) is 6.20 Å². The molecule has 1 aliphatic carbocycles. The fraction of sp³-hybridized carbons (Fsp3) is 0.500. The van der Waals surface area contributed by atoms with Crippen molar-refractivity contribution in [3.05, 3.63) is 36.0 Å². The number of halogens is 1. The molecule has 184 valence electrons. The van der Waals surface area contributed by atoms with Gasteiger partial charge in [0.25, 0.3) is 5.91 Å². The topological polar surface area (TPSA) is 109 Å². The van der Waals surface area contributed by atoms with E-state index in [1.54, 1.807) is 17.6 Å². The minimum Gasteiger partial charge on any atom is -0.375 e. The minimum atomic E-state index is -0.978. The van der Waals surface area contributed by atoms with Crippen molar-refractivity contribution in [2.45, 2.75) is 49.9 Å². The van der Waals surface area contributed by atoms with Gasteiger partial charge in [-0.2, -0.15) is 9.61 Å². The number of hydrogen-bond donors (Lipinski definition) is 3. The number of pyridine rings is 1. The summed E-state index contributed by atoms with van der Waals surface area (Å²) in [6.07, 6.45) is 5.17. The molecule has 3 aliphatic rings. The Hall–Kier alpha value is -3.47. The van der Waals surface area contributed by atoms with Crippen LogP contribution in [-0.4, -0.2) is 70.0 Å². The first-order chi connectivity index (χ1) is 17.0. The van der Waals surface area contributed by atoms with Gasteiger partial charge in [0.05, 0.1) is 17.8 Å². The summed E-state index contributed by atoms with van der Waals surface area (Å²) in [4.78, 5) is 24.4. The van der Waals surface area contributed by atoms with Crippen LogP contribution in [0, 0.1) is 0 Å². The highest BCUT2D eigenvalue weighted by molar-refractivity contribution is 6.00. The van der Waals surface area contributed by atoms with Gasteiger partial charge in [0.2, 0.25) is 0 Å². The number of alkyl halides is 1. The molecule has 35 heavy (non-hydrogen) atoms. The number of carbonyl (C=O) groups is 1. The molecule has 3 fully saturated rings. The van der Waals surface area contributed by atoms with Gasteiger partial charge in [0.1, 0.15) is 35.0 Å². The minimum absolute atomic E-state index is 0.0646. The summed E-state index contributed by atoms with van der Waals surface area (Å²) in [5.74, 6) is 2.36. The van der Waals surface area contributed by atoms with Crippen molar-refractivity contribution >= 4 is 34.8 Å². The van der Waals surface area contributed by atoms with Gasteiger partial charge in [-0.15, -0.1) is 0 Å². The van der Waals surface area contributed by atoms with E-state index in [0.29, 0.717) is 35.1 Å². The SMILES string of the molecule is CNc1cc(Nc2cccc(N3CCC4(CCCO4)CC3)n2)nc2c(C(=O)N[C@H]3CC3F)cnn12. The number of anilines is 4. The van der Waals surface area contributed by atoms with Crippen molar-refractivity contribution in [2.24, 2.45) is 0 Å². The van der Waals surface area contributed by atoms with Crippen LogP contribution in [0.3, 0.4) is 0 Å². The van der Waals surface area contributed by atoms with Crippen LogP contribution in [0.5, 0.6) is 0 Å². The number of fused-ring (bicyclic) bond motifs is 1. The molecule has 5 heterocycles. The summed E-state index contributed by atoms with van der Waals surface area (Å²) in [5, 5.41) is 13.3. The summed E-state index contributed by atoms with van der Waals surface area (Å²) < 4.78 is 20.9. The number of nitrogens with one attached hydrogen (secondary N) is 3. The largest absolute Gasteiger partial charge is 0.375 e. The van der Waals surface area contributed by atoms with Crippen molar-refractivity contribution in [2.75, 3.05) is 42.3 Å². The summed E-state index contributed by atoms with van der Waals surface area (Å²) in [7, 11) is 1.77. The lowest BCUT2D eigenvalue weighted by atomic mass is 9.89. The summed E-state index contributed by atoms with van der Waals surface area (Å²) in [6.45, 7) is 2.71. The molecule has 2 saturated heterocycles. The third-order valence-corrected chi connectivity index (χ3v) is 7.18. The monoisotopic (exact) mass is 480 g/mol. The lowest BCUT2D eigenvalue weighted by molar-refractivity contribution is -0.0147. The maximum atomic E-state index is 13.3. The fourth-order valence-electron chi connectivity index (χ4n) is 5.02. The Morgan fingerprint density at radius 1 is 1.20 bits per heavy atom. The van der Waals surface area contributed by atoms with Gasteiger partial charge < -0.3 is 25.6 Å². The van der Waals surface area contributed by atoms with Crippen LogP contribution in [0.15, 0.2) is 30.5 Å². The van der Waals surface area contributed by atoms with Crippen LogP contribution in [-0.2, 0) is 4.74 Å². The highest BCUT2D eigenvalue weighted by Crippen LogP contribution is 2.36. The Balaban J connectivity index is 1.22. The van der Waals surface area contributed by atoms with Crippen LogP contribution in [0.25, 0.3) is 5.65 Å². The second-order valence-electron chi connectivity index (χ2n) is 9.53. The van der Waals surface area contributed by atoms with Gasteiger partial charge in [-0.05, 0) is 37.8 Å². The van der Waals surface area contributed by atoms with Crippen LogP contribution in [0.1, 0.15) is 42.5 Å². The van der Waals surface area contributed by atoms with E-state index < -0.39 is 12.2 Å². The predicted octanol–water partition coefficient (Wildman–Crippen LogP) is 2.90. The van der Waals surface area contributed by atoms with Crippen LogP contribution in [0.2, 0.25) is 0 Å². The fourth-order valence-corrected chi connectivity index (χ4v) is 5.02. The number of hydrogen-bond acceptors (Lipinski definition) is 8. The molecule has 0 bridgehead atoms. The number of piperidine rings is 1. The third-order valence-electron chi connectivity index (χ3n) is 7.18. The number of carbonyl (C=O) groups excluding carboxylic acids is 1. The van der Waals surface area contributed by atoms with E-state index in [-0.39, 0.29) is 11.5 Å². The maximum absolute atomic E-state index is 13.3. The van der Waals surface area contributed by atoms with E-state index in [1.807, 2.05) is 18.2 Å². The first-order valence-corrected chi connectivity index (χ1v) is 12.2. The number of ether oxygens (including phenoxy) is 1. The lowest BCUT2D eigenvalue weighted by Gasteiger charge is -2.39. The van der Waals surface area contributed by atoms with Crippen LogP contribution < -0.4 is 20.9 Å². The molecule has 10 nitrogen and oxygen atoms in total. The van der Waals surface area contributed by atoms with Gasteiger partial charge >= 0.3 is 0 Å². The number of rotatable bonds is 6. The standard InChI is InChI=1S/C24H29FN8O2/c1-26-21-13-19(31-22-15(14-27-33(21)22)23(34)28-17-12-16(17)25)29-18-4-2-5-20(30-18)32-9-7-24(8-10-32)6-3-11-35-24/h2,4-5,13-14,16-17,26H,3,6-12H2,1H3,(H,28,34)(H,29,30,31)/t16?,17-/m0/s1. The van der Waals surface area contributed by atoms with Crippen molar-refractivity contribution in [3.63, 3.8) is 0 Å². The molecular weight excluding hydrogens is 451 g/mol. The molecule has 1 spiro atoms. The second-order valence-corrected chi connectivity index (χ2v) is 9.53. The van der Waals surface area contributed by atoms with E-state index in [9.17, 15) is 9.18 Å². The van der Waals surface area contributed by atoms with E-state index in [4.69, 9.17) is 9.72 Å². The zero-order valence-electron chi connectivity index (χ0n) is 19.6. The summed E-state index contributed by atoms with van der Waals surface area (Å²) >= 11 is 0. The average Bonchev–Trinajstić information content (AvgIpc) is 3.23. The zero-order chi connectivity index (χ0) is 24.0. The van der Waals surface area contributed by atoms with Crippen molar-refractivity contribution in [1.82, 2.24) is 24.9 Å². The molecule has 1 unspecified atom stereocenters. The predicted molar refractivity (Wildman–Crippen MR) is 130 cm³/mol. The van der Waals surface area contributed by atoms with Gasteiger partial charge in [0.15, 0.2) is 5.65 Å². The molecule has 2 atom stereocenters. The molecule has 1 saturated carbocycles.